The van der Waals surface area contributed by atoms with Crippen LogP contribution in [0, 0.1) is 0 Å². The molecule has 1 nitrogen and oxygen atoms in total. The molecule has 0 saturated heterocycles. The van der Waals surface area contributed by atoms with Crippen molar-refractivity contribution in [1.82, 2.24) is 4.90 Å². The number of hydrogen-bond donors (Lipinski definition) is 0. The van der Waals surface area contributed by atoms with Crippen LogP contribution >= 0.6 is 0 Å². The van der Waals surface area contributed by atoms with Gasteiger partial charge in [0.2, 0.25) is 0 Å². The maximum atomic E-state index is 3.98. The third-order valence-corrected chi connectivity index (χ3v) is 1.87. The fraction of sp³-hybridized carbons (Fsp3) is 0.400. The highest BCUT2D eigenvalue weighted by Crippen LogP contribution is 2.17. The molecule has 0 amide bonds. The summed E-state index contributed by atoms with van der Waals surface area (Å²) in [6.45, 7) is 3.98. The minimum atomic E-state index is 1.10. The third kappa shape index (κ3) is 1.97. The van der Waals surface area contributed by atoms with Gasteiger partial charge in [-0.2, -0.15) is 0 Å². The Morgan fingerprint density at radius 1 is 1.45 bits per heavy atom. The third-order valence-electron chi connectivity index (χ3n) is 1.87. The second-order valence-electron chi connectivity index (χ2n) is 2.98. The molecule has 1 aliphatic rings. The molecule has 11 heavy (non-hydrogen) atoms. The van der Waals surface area contributed by atoms with Gasteiger partial charge in [0.05, 0.1) is 0 Å². The van der Waals surface area contributed by atoms with Crippen LogP contribution in [0.4, 0.5) is 0 Å². The SMILES string of the molecule is C=C(C1=CCCC=C1)N(C)C. The van der Waals surface area contributed by atoms with Gasteiger partial charge < -0.3 is 4.90 Å². The highest BCUT2D eigenvalue weighted by molar-refractivity contribution is 5.38. The van der Waals surface area contributed by atoms with E-state index in [2.05, 4.69) is 24.8 Å². The summed E-state index contributed by atoms with van der Waals surface area (Å²) < 4.78 is 0. The van der Waals surface area contributed by atoms with Gasteiger partial charge in [-0.15, -0.1) is 0 Å². The molecule has 0 spiro atoms. The van der Waals surface area contributed by atoms with Crippen molar-refractivity contribution >= 4 is 0 Å². The van der Waals surface area contributed by atoms with Crippen LogP contribution in [0.1, 0.15) is 12.8 Å². The lowest BCUT2D eigenvalue weighted by Crippen LogP contribution is -2.11. The Kier molecular flexibility index (Phi) is 2.53. The molecule has 0 fully saturated rings. The molecule has 1 rings (SSSR count). The fourth-order valence-corrected chi connectivity index (χ4v) is 1.09. The average molecular weight is 149 g/mol. The van der Waals surface area contributed by atoms with Crippen molar-refractivity contribution in [3.63, 3.8) is 0 Å². The Morgan fingerprint density at radius 2 is 2.18 bits per heavy atom. The molecule has 0 bridgehead atoms. The smallest absolute Gasteiger partial charge is 0.0358 e. The summed E-state index contributed by atoms with van der Waals surface area (Å²) in [4.78, 5) is 2.04. The van der Waals surface area contributed by atoms with E-state index in [-0.39, 0.29) is 0 Å². The van der Waals surface area contributed by atoms with Crippen molar-refractivity contribution in [3.8, 4) is 0 Å². The zero-order valence-electron chi connectivity index (χ0n) is 7.30. The number of hydrogen-bond acceptors (Lipinski definition) is 1. The van der Waals surface area contributed by atoms with Gasteiger partial charge >= 0.3 is 0 Å². The van der Waals surface area contributed by atoms with Crippen LogP contribution in [-0.4, -0.2) is 19.0 Å². The maximum Gasteiger partial charge on any atom is 0.0358 e. The summed E-state index contributed by atoms with van der Waals surface area (Å²) >= 11 is 0. The number of likely N-dealkylation sites (N-methyl/N-ethyl adjacent to an activating group) is 1. The molecular weight excluding hydrogens is 134 g/mol. The number of allylic oxidation sites excluding steroid dienone is 3. The first kappa shape index (κ1) is 8.12. The Balaban J connectivity index is 2.67. The molecule has 0 N–H and O–H groups in total. The average Bonchev–Trinajstić information content (AvgIpc) is 2.05. The molecule has 0 heterocycles. The van der Waals surface area contributed by atoms with Crippen molar-refractivity contribution in [2.75, 3.05) is 14.1 Å². The van der Waals surface area contributed by atoms with E-state index in [0.717, 1.165) is 12.1 Å². The summed E-state index contributed by atoms with van der Waals surface area (Å²) in [6, 6.07) is 0. The van der Waals surface area contributed by atoms with Gasteiger partial charge in [-0.3, -0.25) is 0 Å². The minimum Gasteiger partial charge on any atom is -0.378 e. The second kappa shape index (κ2) is 3.42. The number of rotatable bonds is 2. The first-order chi connectivity index (χ1) is 5.22. The summed E-state index contributed by atoms with van der Waals surface area (Å²) in [7, 11) is 4.04. The van der Waals surface area contributed by atoms with E-state index in [4.69, 9.17) is 0 Å². The Morgan fingerprint density at radius 3 is 2.64 bits per heavy atom. The first-order valence-electron chi connectivity index (χ1n) is 3.95. The maximum absolute atomic E-state index is 3.98. The predicted molar refractivity (Wildman–Crippen MR) is 49.3 cm³/mol. The predicted octanol–water partition coefficient (Wildman–Crippen LogP) is 2.34. The molecule has 1 heteroatoms. The van der Waals surface area contributed by atoms with E-state index < -0.39 is 0 Å². The van der Waals surface area contributed by atoms with Crippen LogP contribution in [0.2, 0.25) is 0 Å². The van der Waals surface area contributed by atoms with E-state index in [9.17, 15) is 0 Å². The second-order valence-corrected chi connectivity index (χ2v) is 2.98. The molecule has 60 valence electrons. The van der Waals surface area contributed by atoms with E-state index in [1.807, 2.05) is 19.0 Å². The molecule has 0 radical (unpaired) electrons. The summed E-state index contributed by atoms with van der Waals surface area (Å²) in [6.07, 6.45) is 8.90. The van der Waals surface area contributed by atoms with Gasteiger partial charge in [-0.05, 0) is 18.4 Å². The highest BCUT2D eigenvalue weighted by atomic mass is 15.1. The molecule has 0 aromatic carbocycles. The van der Waals surface area contributed by atoms with Gasteiger partial charge in [0.25, 0.3) is 0 Å². The van der Waals surface area contributed by atoms with E-state index >= 15 is 0 Å². The van der Waals surface area contributed by atoms with Crippen molar-refractivity contribution in [1.29, 1.82) is 0 Å². The lowest BCUT2D eigenvalue weighted by molar-refractivity contribution is 0.526. The summed E-state index contributed by atoms with van der Waals surface area (Å²) in [5.41, 5.74) is 2.36. The van der Waals surface area contributed by atoms with Crippen LogP contribution in [0.5, 0.6) is 0 Å². The Labute approximate surface area is 68.7 Å². The minimum absolute atomic E-state index is 1.10. The standard InChI is InChI=1S/C10H15N/c1-9(11(2)3)10-7-5-4-6-8-10/h5,7-8H,1,4,6H2,2-3H3. The molecule has 0 unspecified atom stereocenters. The highest BCUT2D eigenvalue weighted by Gasteiger charge is 2.02. The largest absolute Gasteiger partial charge is 0.378 e. The van der Waals surface area contributed by atoms with Crippen LogP contribution in [-0.2, 0) is 0 Å². The summed E-state index contributed by atoms with van der Waals surface area (Å²) in [5, 5.41) is 0. The topological polar surface area (TPSA) is 3.24 Å². The number of nitrogens with zero attached hydrogens (tertiary/aromatic N) is 1. The molecule has 0 aromatic heterocycles. The Bertz CT molecular complexity index is 209. The van der Waals surface area contributed by atoms with E-state index in [1.54, 1.807) is 0 Å². The quantitative estimate of drug-likeness (QED) is 0.582. The van der Waals surface area contributed by atoms with Crippen LogP contribution in [0.25, 0.3) is 0 Å². The van der Waals surface area contributed by atoms with E-state index in [1.165, 1.54) is 12.0 Å². The molecular formula is C10H15N. The van der Waals surface area contributed by atoms with Gasteiger partial charge in [0, 0.05) is 19.8 Å². The first-order valence-corrected chi connectivity index (χ1v) is 3.95. The lowest BCUT2D eigenvalue weighted by atomic mass is 10.0. The lowest BCUT2D eigenvalue weighted by Gasteiger charge is -2.18. The van der Waals surface area contributed by atoms with Crippen molar-refractivity contribution in [2.45, 2.75) is 12.8 Å². The summed E-state index contributed by atoms with van der Waals surface area (Å²) in [5.74, 6) is 0. The normalized spacial score (nSPS) is 16.0. The van der Waals surface area contributed by atoms with Crippen LogP contribution in [0.15, 0.2) is 36.1 Å². The Hall–Kier alpha value is -0.980. The fourth-order valence-electron chi connectivity index (χ4n) is 1.09. The molecule has 0 aliphatic heterocycles. The zero-order chi connectivity index (χ0) is 8.27. The van der Waals surface area contributed by atoms with Crippen molar-refractivity contribution in [3.05, 3.63) is 36.1 Å². The van der Waals surface area contributed by atoms with E-state index in [0.29, 0.717) is 0 Å². The van der Waals surface area contributed by atoms with Crippen molar-refractivity contribution in [2.24, 2.45) is 0 Å². The molecule has 1 aliphatic carbocycles. The molecule has 0 aromatic rings. The van der Waals surface area contributed by atoms with Gasteiger partial charge in [0.1, 0.15) is 0 Å². The monoisotopic (exact) mass is 149 g/mol. The van der Waals surface area contributed by atoms with Crippen LogP contribution < -0.4 is 0 Å². The zero-order valence-corrected chi connectivity index (χ0v) is 7.30. The van der Waals surface area contributed by atoms with Gasteiger partial charge in [-0.1, -0.05) is 24.8 Å². The molecule has 0 atom stereocenters. The van der Waals surface area contributed by atoms with Gasteiger partial charge in [-0.25, -0.2) is 0 Å². The molecule has 0 saturated carbocycles. The van der Waals surface area contributed by atoms with Crippen LogP contribution in [0.3, 0.4) is 0 Å². The van der Waals surface area contributed by atoms with Crippen molar-refractivity contribution < 1.29 is 0 Å². The van der Waals surface area contributed by atoms with Gasteiger partial charge in [0.15, 0.2) is 0 Å².